The molecule has 0 amide bonds. The molecule has 8 heteroatoms. The van der Waals surface area contributed by atoms with Gasteiger partial charge in [-0.3, -0.25) is 20.2 Å². The quantitative estimate of drug-likeness (QED) is 0.319. The van der Waals surface area contributed by atoms with E-state index in [9.17, 15) is 20.2 Å². The minimum absolute atomic E-state index is 0.872. The third kappa shape index (κ3) is 1.46. The molecule has 0 heterocycles. The van der Waals surface area contributed by atoms with Crippen molar-refractivity contribution in [3.8, 4) is 6.07 Å². The van der Waals surface area contributed by atoms with Crippen molar-refractivity contribution in [2.75, 3.05) is 13.7 Å². The van der Waals surface area contributed by atoms with Crippen LogP contribution in [0.2, 0.25) is 0 Å². The summed E-state index contributed by atoms with van der Waals surface area (Å²) < 4.78 is 4.22. The van der Waals surface area contributed by atoms with Crippen molar-refractivity contribution in [3.05, 3.63) is 20.2 Å². The summed E-state index contributed by atoms with van der Waals surface area (Å²) in [7, 11) is 1.04. The second-order valence-corrected chi connectivity index (χ2v) is 1.88. The lowest BCUT2D eigenvalue weighted by Gasteiger charge is -2.07. The van der Waals surface area contributed by atoms with Gasteiger partial charge in [-0.15, -0.1) is 0 Å². The van der Waals surface area contributed by atoms with Crippen LogP contribution in [0.3, 0.4) is 0 Å². The molecule has 0 saturated carbocycles. The highest BCUT2D eigenvalue weighted by Crippen LogP contribution is 2.09. The highest BCUT2D eigenvalue weighted by molar-refractivity contribution is 4.91. The van der Waals surface area contributed by atoms with Crippen LogP contribution in [0.15, 0.2) is 0 Å². The molecule has 12 heavy (non-hydrogen) atoms. The number of ether oxygens (including phenoxy) is 1. The Labute approximate surface area is 66.6 Å². The molecule has 0 atom stereocenters. The van der Waals surface area contributed by atoms with Crippen LogP contribution in [0.4, 0.5) is 0 Å². The van der Waals surface area contributed by atoms with Gasteiger partial charge in [-0.2, -0.15) is 5.26 Å². The van der Waals surface area contributed by atoms with E-state index in [1.165, 1.54) is 0 Å². The summed E-state index contributed by atoms with van der Waals surface area (Å²) in [6.45, 7) is -0.872. The Kier molecular flexibility index (Phi) is 3.06. The number of methoxy groups -OCH3 is 1. The van der Waals surface area contributed by atoms with Crippen LogP contribution in [0.25, 0.3) is 0 Å². The van der Waals surface area contributed by atoms with E-state index >= 15 is 0 Å². The van der Waals surface area contributed by atoms with E-state index in [2.05, 4.69) is 4.74 Å². The molecule has 0 aromatic rings. The molecule has 0 radical (unpaired) electrons. The molecule has 0 aromatic heterocycles. The average Bonchev–Trinajstić information content (AvgIpc) is 1.98. The SMILES string of the molecule is COCC(C#N)([N+](=O)[O-])[N+](=O)[O-]. The minimum atomic E-state index is -2.88. The fourth-order valence-corrected chi connectivity index (χ4v) is 0.487. The number of hydrogen-bond acceptors (Lipinski definition) is 6. The Hall–Kier alpha value is -1.75. The lowest BCUT2D eigenvalue weighted by atomic mass is 10.2. The normalized spacial score (nSPS) is 10.3. The summed E-state index contributed by atoms with van der Waals surface area (Å²) in [5.74, 6) is 0. The van der Waals surface area contributed by atoms with E-state index in [4.69, 9.17) is 5.26 Å². The summed E-state index contributed by atoms with van der Waals surface area (Å²) in [6, 6.07) is 0.992. The Balaban J connectivity index is 4.93. The zero-order valence-corrected chi connectivity index (χ0v) is 6.09. The standard InChI is InChI=1S/C4H5N3O5/c1-12-3-4(2-5,6(8)9)7(10)11/h3H2,1H3. The van der Waals surface area contributed by atoms with Gasteiger partial charge in [0.05, 0.1) is 0 Å². The van der Waals surface area contributed by atoms with E-state index in [1.54, 1.807) is 0 Å². The van der Waals surface area contributed by atoms with Crippen LogP contribution < -0.4 is 0 Å². The second-order valence-electron chi connectivity index (χ2n) is 1.88. The largest absolute Gasteiger partial charge is 0.566 e. The summed E-state index contributed by atoms with van der Waals surface area (Å²) in [5, 5.41) is 28.5. The maximum Gasteiger partial charge on any atom is 0.566 e. The van der Waals surface area contributed by atoms with Crippen LogP contribution in [0.5, 0.6) is 0 Å². The van der Waals surface area contributed by atoms with Crippen LogP contribution in [-0.2, 0) is 4.74 Å². The highest BCUT2D eigenvalue weighted by atomic mass is 16.7. The molecule has 0 bridgehead atoms. The molecule has 0 aliphatic carbocycles. The van der Waals surface area contributed by atoms with Gasteiger partial charge in [-0.1, -0.05) is 0 Å². The molecular formula is C4H5N3O5. The summed E-state index contributed by atoms with van der Waals surface area (Å²) >= 11 is 0. The lowest BCUT2D eigenvalue weighted by Crippen LogP contribution is -2.48. The van der Waals surface area contributed by atoms with E-state index in [0.29, 0.717) is 0 Å². The molecule has 0 saturated heterocycles. The third-order valence-corrected chi connectivity index (χ3v) is 1.13. The van der Waals surface area contributed by atoms with Gasteiger partial charge < -0.3 is 4.74 Å². The predicted molar refractivity (Wildman–Crippen MR) is 34.2 cm³/mol. The van der Waals surface area contributed by atoms with Gasteiger partial charge in [0.25, 0.3) is 0 Å². The van der Waals surface area contributed by atoms with E-state index in [1.807, 2.05) is 0 Å². The van der Waals surface area contributed by atoms with Crippen LogP contribution in [0, 0.1) is 31.6 Å². The number of hydrogen-bond donors (Lipinski definition) is 0. The van der Waals surface area contributed by atoms with Gasteiger partial charge in [0.2, 0.25) is 12.7 Å². The molecule has 0 aliphatic rings. The van der Waals surface area contributed by atoms with Gasteiger partial charge in [-0.25, -0.2) is 0 Å². The van der Waals surface area contributed by atoms with Crippen molar-refractivity contribution in [1.82, 2.24) is 0 Å². The smallest absolute Gasteiger partial charge is 0.369 e. The Bertz CT molecular complexity index is 230. The molecule has 0 spiro atoms. The molecular weight excluding hydrogens is 170 g/mol. The first-order valence-corrected chi connectivity index (χ1v) is 2.70. The van der Waals surface area contributed by atoms with Crippen molar-refractivity contribution in [1.29, 1.82) is 5.26 Å². The minimum Gasteiger partial charge on any atom is -0.369 e. The number of nitrogens with zero attached hydrogens (tertiary/aromatic N) is 3. The Morgan fingerprint density at radius 3 is 2.00 bits per heavy atom. The van der Waals surface area contributed by atoms with Crippen molar-refractivity contribution in [2.45, 2.75) is 5.66 Å². The topological polar surface area (TPSA) is 119 Å². The Morgan fingerprint density at radius 2 is 1.92 bits per heavy atom. The average molecular weight is 175 g/mol. The molecule has 0 aromatic carbocycles. The molecule has 0 N–H and O–H groups in total. The number of rotatable bonds is 4. The second kappa shape index (κ2) is 3.59. The number of nitro groups is 2. The zero-order chi connectivity index (χ0) is 9.78. The molecule has 0 fully saturated rings. The monoisotopic (exact) mass is 175 g/mol. The fourth-order valence-electron chi connectivity index (χ4n) is 0.487. The maximum absolute atomic E-state index is 10.1. The predicted octanol–water partition coefficient (Wildman–Crippen LogP) is -0.594. The summed E-state index contributed by atoms with van der Waals surface area (Å²) in [6.07, 6.45) is 0. The van der Waals surface area contributed by atoms with E-state index < -0.39 is 22.1 Å². The zero-order valence-electron chi connectivity index (χ0n) is 6.09. The van der Waals surface area contributed by atoms with Crippen LogP contribution >= 0.6 is 0 Å². The first kappa shape index (κ1) is 10.2. The highest BCUT2D eigenvalue weighted by Gasteiger charge is 2.57. The van der Waals surface area contributed by atoms with Gasteiger partial charge in [0.1, 0.15) is 9.85 Å². The molecule has 0 unspecified atom stereocenters. The van der Waals surface area contributed by atoms with Crippen molar-refractivity contribution in [3.63, 3.8) is 0 Å². The van der Waals surface area contributed by atoms with Crippen molar-refractivity contribution in [2.24, 2.45) is 0 Å². The Morgan fingerprint density at radius 1 is 1.50 bits per heavy atom. The summed E-state index contributed by atoms with van der Waals surface area (Å²) in [4.78, 5) is 17.7. The van der Waals surface area contributed by atoms with Gasteiger partial charge in [-0.05, 0) is 0 Å². The van der Waals surface area contributed by atoms with Crippen molar-refractivity contribution >= 4 is 0 Å². The van der Waals surface area contributed by atoms with Crippen molar-refractivity contribution < 1.29 is 14.6 Å². The number of nitriles is 1. The first-order chi connectivity index (χ1) is 5.51. The molecule has 66 valence electrons. The van der Waals surface area contributed by atoms with E-state index in [-0.39, 0.29) is 0 Å². The molecule has 8 nitrogen and oxygen atoms in total. The lowest BCUT2D eigenvalue weighted by molar-refractivity contribution is -0.779. The van der Waals surface area contributed by atoms with Crippen LogP contribution in [-0.4, -0.2) is 29.2 Å². The maximum atomic E-state index is 10.1. The van der Waals surface area contributed by atoms with Gasteiger partial charge in [0.15, 0.2) is 0 Å². The third-order valence-electron chi connectivity index (χ3n) is 1.13. The van der Waals surface area contributed by atoms with Crippen LogP contribution in [0.1, 0.15) is 0 Å². The fraction of sp³-hybridized carbons (Fsp3) is 0.750. The van der Waals surface area contributed by atoms with Gasteiger partial charge in [0, 0.05) is 7.11 Å². The summed E-state index contributed by atoms with van der Waals surface area (Å²) in [5.41, 5.74) is -2.88. The molecule has 0 aliphatic heterocycles. The van der Waals surface area contributed by atoms with Gasteiger partial charge >= 0.3 is 5.66 Å². The molecule has 0 rings (SSSR count). The van der Waals surface area contributed by atoms with E-state index in [0.717, 1.165) is 13.2 Å². The first-order valence-electron chi connectivity index (χ1n) is 2.70.